The van der Waals surface area contributed by atoms with Gasteiger partial charge >= 0.3 is 0 Å². The van der Waals surface area contributed by atoms with Gasteiger partial charge in [0.15, 0.2) is 5.76 Å². The lowest BCUT2D eigenvalue weighted by Crippen LogP contribution is -2.13. The Morgan fingerprint density at radius 1 is 1.40 bits per heavy atom. The van der Waals surface area contributed by atoms with Crippen LogP contribution < -0.4 is 5.32 Å². The molecule has 2 aromatic rings. The molecular formula is C10H12N4O. The Morgan fingerprint density at radius 3 is 3.00 bits per heavy atom. The average Bonchev–Trinajstić information content (AvgIpc) is 2.66. The molecule has 0 saturated heterocycles. The fourth-order valence-electron chi connectivity index (χ4n) is 1.24. The SMILES string of the molecule is Cc1cc(CNCc2ccncn2)on1. The van der Waals surface area contributed by atoms with E-state index >= 15 is 0 Å². The molecule has 0 aromatic carbocycles. The van der Waals surface area contributed by atoms with E-state index in [4.69, 9.17) is 4.52 Å². The van der Waals surface area contributed by atoms with Crippen LogP contribution in [0.3, 0.4) is 0 Å². The van der Waals surface area contributed by atoms with Gasteiger partial charge in [0, 0.05) is 18.8 Å². The van der Waals surface area contributed by atoms with E-state index in [2.05, 4.69) is 20.4 Å². The molecule has 2 heterocycles. The Morgan fingerprint density at radius 2 is 2.33 bits per heavy atom. The molecule has 0 spiro atoms. The maximum Gasteiger partial charge on any atom is 0.150 e. The van der Waals surface area contributed by atoms with Gasteiger partial charge in [-0.25, -0.2) is 9.97 Å². The second-order valence-electron chi connectivity index (χ2n) is 3.24. The second kappa shape index (κ2) is 4.65. The van der Waals surface area contributed by atoms with Crippen LogP contribution in [-0.4, -0.2) is 15.1 Å². The first-order valence-corrected chi connectivity index (χ1v) is 4.72. The Labute approximate surface area is 87.5 Å². The van der Waals surface area contributed by atoms with Crippen molar-refractivity contribution in [3.63, 3.8) is 0 Å². The van der Waals surface area contributed by atoms with Gasteiger partial charge in [-0.3, -0.25) is 0 Å². The smallest absolute Gasteiger partial charge is 0.150 e. The number of aryl methyl sites for hydroxylation is 1. The molecule has 0 radical (unpaired) electrons. The van der Waals surface area contributed by atoms with Gasteiger partial charge in [0.05, 0.1) is 17.9 Å². The van der Waals surface area contributed by atoms with Crippen molar-refractivity contribution in [3.05, 3.63) is 41.8 Å². The summed E-state index contributed by atoms with van der Waals surface area (Å²) in [5, 5.41) is 7.01. The third-order valence-corrected chi connectivity index (χ3v) is 1.93. The predicted molar refractivity (Wildman–Crippen MR) is 53.8 cm³/mol. The lowest BCUT2D eigenvalue weighted by Gasteiger charge is -2.00. The molecule has 0 aliphatic rings. The maximum absolute atomic E-state index is 5.06. The molecular weight excluding hydrogens is 192 g/mol. The van der Waals surface area contributed by atoms with Crippen LogP contribution in [0.2, 0.25) is 0 Å². The quantitative estimate of drug-likeness (QED) is 0.806. The second-order valence-corrected chi connectivity index (χ2v) is 3.24. The third-order valence-electron chi connectivity index (χ3n) is 1.93. The molecule has 0 aliphatic heterocycles. The molecule has 0 amide bonds. The Balaban J connectivity index is 1.80. The molecule has 0 aliphatic carbocycles. The number of nitrogens with one attached hydrogen (secondary N) is 1. The highest BCUT2D eigenvalue weighted by Crippen LogP contribution is 2.01. The summed E-state index contributed by atoms with van der Waals surface area (Å²) < 4.78 is 5.06. The zero-order valence-electron chi connectivity index (χ0n) is 8.47. The summed E-state index contributed by atoms with van der Waals surface area (Å²) in [6, 6.07) is 3.78. The van der Waals surface area contributed by atoms with Crippen LogP contribution in [0.4, 0.5) is 0 Å². The third kappa shape index (κ3) is 2.85. The van der Waals surface area contributed by atoms with Gasteiger partial charge in [0.1, 0.15) is 6.33 Å². The summed E-state index contributed by atoms with van der Waals surface area (Å²) in [7, 11) is 0. The van der Waals surface area contributed by atoms with E-state index in [9.17, 15) is 0 Å². The van der Waals surface area contributed by atoms with Crippen LogP contribution in [-0.2, 0) is 13.1 Å². The van der Waals surface area contributed by atoms with Gasteiger partial charge in [-0.2, -0.15) is 0 Å². The highest BCUT2D eigenvalue weighted by molar-refractivity contribution is 5.03. The summed E-state index contributed by atoms with van der Waals surface area (Å²) in [4.78, 5) is 7.94. The zero-order chi connectivity index (χ0) is 10.5. The van der Waals surface area contributed by atoms with Gasteiger partial charge in [-0.1, -0.05) is 5.16 Å². The van der Waals surface area contributed by atoms with Crippen molar-refractivity contribution >= 4 is 0 Å². The fraction of sp³-hybridized carbons (Fsp3) is 0.300. The molecule has 78 valence electrons. The summed E-state index contributed by atoms with van der Waals surface area (Å²) in [5.41, 5.74) is 1.86. The Hall–Kier alpha value is -1.75. The molecule has 2 rings (SSSR count). The minimum absolute atomic E-state index is 0.658. The number of rotatable bonds is 4. The van der Waals surface area contributed by atoms with Crippen molar-refractivity contribution in [1.29, 1.82) is 0 Å². The van der Waals surface area contributed by atoms with Crippen molar-refractivity contribution in [2.45, 2.75) is 20.0 Å². The molecule has 5 nitrogen and oxygen atoms in total. The van der Waals surface area contributed by atoms with E-state index in [-0.39, 0.29) is 0 Å². The molecule has 5 heteroatoms. The summed E-state index contributed by atoms with van der Waals surface area (Å²) in [5.74, 6) is 0.835. The van der Waals surface area contributed by atoms with Gasteiger partial charge in [0.2, 0.25) is 0 Å². The highest BCUT2D eigenvalue weighted by atomic mass is 16.5. The first kappa shape index (κ1) is 9.79. The number of hydrogen-bond acceptors (Lipinski definition) is 5. The first-order chi connectivity index (χ1) is 7.34. The molecule has 15 heavy (non-hydrogen) atoms. The topological polar surface area (TPSA) is 63.8 Å². The summed E-state index contributed by atoms with van der Waals surface area (Å²) >= 11 is 0. The standard InChI is InChI=1S/C10H12N4O/c1-8-4-10(15-14-8)6-12-5-9-2-3-11-7-13-9/h2-4,7,12H,5-6H2,1H3. The van der Waals surface area contributed by atoms with Gasteiger partial charge < -0.3 is 9.84 Å². The minimum Gasteiger partial charge on any atom is -0.360 e. The van der Waals surface area contributed by atoms with Crippen molar-refractivity contribution < 1.29 is 4.52 Å². The highest BCUT2D eigenvalue weighted by Gasteiger charge is 1.99. The van der Waals surface area contributed by atoms with Gasteiger partial charge in [0.25, 0.3) is 0 Å². The van der Waals surface area contributed by atoms with Crippen LogP contribution in [0, 0.1) is 6.92 Å². The molecule has 0 unspecified atom stereocenters. The number of nitrogens with zero attached hydrogens (tertiary/aromatic N) is 3. The summed E-state index contributed by atoms with van der Waals surface area (Å²) in [6.45, 7) is 3.25. The van der Waals surface area contributed by atoms with Crippen LogP contribution >= 0.6 is 0 Å². The van der Waals surface area contributed by atoms with E-state index < -0.39 is 0 Å². The Kier molecular flexibility index (Phi) is 3.04. The summed E-state index contributed by atoms with van der Waals surface area (Å²) in [6.07, 6.45) is 3.26. The molecule has 0 bridgehead atoms. The van der Waals surface area contributed by atoms with Crippen molar-refractivity contribution in [2.75, 3.05) is 0 Å². The van der Waals surface area contributed by atoms with Gasteiger partial charge in [-0.05, 0) is 13.0 Å². The van der Waals surface area contributed by atoms with E-state index in [0.717, 1.165) is 17.1 Å². The van der Waals surface area contributed by atoms with Crippen molar-refractivity contribution in [1.82, 2.24) is 20.4 Å². The molecule has 2 aromatic heterocycles. The van der Waals surface area contributed by atoms with E-state index in [1.807, 2.05) is 19.1 Å². The van der Waals surface area contributed by atoms with Crippen LogP contribution in [0.1, 0.15) is 17.1 Å². The normalized spacial score (nSPS) is 10.5. The number of hydrogen-bond donors (Lipinski definition) is 1. The minimum atomic E-state index is 0.658. The average molecular weight is 204 g/mol. The monoisotopic (exact) mass is 204 g/mol. The first-order valence-electron chi connectivity index (χ1n) is 4.72. The van der Waals surface area contributed by atoms with Crippen LogP contribution in [0.5, 0.6) is 0 Å². The van der Waals surface area contributed by atoms with E-state index in [1.165, 1.54) is 6.33 Å². The fourth-order valence-corrected chi connectivity index (χ4v) is 1.24. The zero-order valence-corrected chi connectivity index (χ0v) is 8.47. The molecule has 0 atom stereocenters. The largest absolute Gasteiger partial charge is 0.360 e. The lowest BCUT2D eigenvalue weighted by atomic mass is 10.3. The van der Waals surface area contributed by atoms with Crippen molar-refractivity contribution in [3.8, 4) is 0 Å². The van der Waals surface area contributed by atoms with Crippen LogP contribution in [0.25, 0.3) is 0 Å². The van der Waals surface area contributed by atoms with Crippen molar-refractivity contribution in [2.24, 2.45) is 0 Å². The Bertz CT molecular complexity index is 412. The van der Waals surface area contributed by atoms with E-state index in [0.29, 0.717) is 13.1 Å². The molecule has 0 fully saturated rings. The van der Waals surface area contributed by atoms with Crippen LogP contribution in [0.15, 0.2) is 29.2 Å². The van der Waals surface area contributed by atoms with E-state index in [1.54, 1.807) is 6.20 Å². The maximum atomic E-state index is 5.06. The van der Waals surface area contributed by atoms with Gasteiger partial charge in [-0.15, -0.1) is 0 Å². The number of aromatic nitrogens is 3. The molecule has 0 saturated carbocycles. The molecule has 1 N–H and O–H groups in total. The lowest BCUT2D eigenvalue weighted by molar-refractivity contribution is 0.369. The predicted octanol–water partition coefficient (Wildman–Crippen LogP) is 1.06.